The van der Waals surface area contributed by atoms with Crippen LogP contribution >= 0.6 is 11.6 Å². The van der Waals surface area contributed by atoms with Gasteiger partial charge in [0.1, 0.15) is 11.9 Å². The summed E-state index contributed by atoms with van der Waals surface area (Å²) in [6.07, 6.45) is 2.71. The first-order valence-corrected chi connectivity index (χ1v) is 13.7. The van der Waals surface area contributed by atoms with Gasteiger partial charge in [0, 0.05) is 48.4 Å². The molecular weight excluding hydrogens is 562 g/mol. The highest BCUT2D eigenvalue weighted by Crippen LogP contribution is 2.36. The van der Waals surface area contributed by atoms with E-state index in [1.54, 1.807) is 12.1 Å². The molecule has 1 aromatic carbocycles. The number of benzene rings is 1. The van der Waals surface area contributed by atoms with Gasteiger partial charge in [-0.15, -0.1) is 0 Å². The summed E-state index contributed by atoms with van der Waals surface area (Å²) in [5, 5.41) is 8.77. The predicted molar refractivity (Wildman–Crippen MR) is 149 cm³/mol. The van der Waals surface area contributed by atoms with E-state index in [2.05, 4.69) is 34.4 Å². The summed E-state index contributed by atoms with van der Waals surface area (Å²) >= 11 is 6.45. The monoisotopic (exact) mass is 591 g/mol. The van der Waals surface area contributed by atoms with Gasteiger partial charge in [0.05, 0.1) is 23.3 Å². The Labute approximate surface area is 240 Å². The Kier molecular flexibility index (Phi) is 8.28. The first-order valence-electron chi connectivity index (χ1n) is 13.3. The van der Waals surface area contributed by atoms with Crippen LogP contribution in [0.3, 0.4) is 0 Å². The number of pyridine rings is 1. The number of likely N-dealkylation sites (tertiary alicyclic amines) is 1. The lowest BCUT2D eigenvalue weighted by Gasteiger charge is -2.34. The predicted octanol–water partition coefficient (Wildman–Crippen LogP) is 6.40. The van der Waals surface area contributed by atoms with Crippen LogP contribution in [-0.4, -0.2) is 53.9 Å². The van der Waals surface area contributed by atoms with Gasteiger partial charge in [-0.1, -0.05) is 25.1 Å². The van der Waals surface area contributed by atoms with Crippen molar-refractivity contribution in [1.82, 2.24) is 20.5 Å². The molecule has 1 aliphatic carbocycles. The second-order valence-electron chi connectivity index (χ2n) is 10.7. The minimum absolute atomic E-state index is 0.0717. The fourth-order valence-corrected chi connectivity index (χ4v) is 5.75. The molecule has 1 saturated heterocycles. The van der Waals surface area contributed by atoms with Crippen LogP contribution < -0.4 is 20.7 Å². The molecule has 3 N–H and O–H groups in total. The number of fused-ring (bicyclic) bond motifs is 1. The average molecular weight is 592 g/mol. The molecule has 2 aromatic rings. The molecule has 41 heavy (non-hydrogen) atoms. The number of nitrogens with one attached hydrogen (secondary N) is 3. The molecule has 5 rings (SSSR count). The smallest absolute Gasteiger partial charge is 0.401 e. The average Bonchev–Trinajstić information content (AvgIpc) is 3.31. The molecule has 3 aliphatic rings. The molecule has 218 valence electrons. The Morgan fingerprint density at radius 1 is 1.32 bits per heavy atom. The number of hydrogen-bond donors (Lipinski definition) is 3. The number of dihydropyridines is 1. The highest BCUT2D eigenvalue weighted by atomic mass is 35.5. The number of alkyl halides is 3. The first kappa shape index (κ1) is 28.9. The fourth-order valence-electron chi connectivity index (χ4n) is 5.48. The zero-order chi connectivity index (χ0) is 29.3. The van der Waals surface area contributed by atoms with E-state index in [0.717, 1.165) is 29.7 Å². The van der Waals surface area contributed by atoms with Gasteiger partial charge in [0.2, 0.25) is 5.88 Å². The standard InChI is InChI=1S/C29H30ClF4N5O2/c1-16-7-19-9-17(2)35-13-22(19)25(8-16)37-28(40)38-26-11-23(30)21(10-24(26)31)18-3-4-27(36-12-18)41-20-5-6-39(14-20)15-29(32,33)34/h3-4,9-13,16,20,25,35H,2,5-8,14-15H2,1H3,(H2,37,38,40). The minimum Gasteiger partial charge on any atom is -0.473 e. The van der Waals surface area contributed by atoms with Gasteiger partial charge in [-0.2, -0.15) is 13.2 Å². The Bertz CT molecular complexity index is 1390. The van der Waals surface area contributed by atoms with E-state index in [1.165, 1.54) is 23.2 Å². The van der Waals surface area contributed by atoms with E-state index in [1.807, 2.05) is 12.3 Å². The van der Waals surface area contributed by atoms with Crippen molar-refractivity contribution in [2.24, 2.45) is 5.92 Å². The van der Waals surface area contributed by atoms with Gasteiger partial charge in [0.15, 0.2) is 0 Å². The summed E-state index contributed by atoms with van der Waals surface area (Å²) in [5.41, 5.74) is 3.69. The maximum atomic E-state index is 15.1. The molecule has 0 radical (unpaired) electrons. The molecule has 2 fully saturated rings. The zero-order valence-corrected chi connectivity index (χ0v) is 23.1. The summed E-state index contributed by atoms with van der Waals surface area (Å²) in [5.74, 6) is -0.0717. The number of allylic oxidation sites excluding steroid dienone is 1. The lowest BCUT2D eigenvalue weighted by molar-refractivity contribution is -0.144. The topological polar surface area (TPSA) is 78.5 Å². The molecule has 7 nitrogen and oxygen atoms in total. The van der Waals surface area contributed by atoms with Crippen molar-refractivity contribution in [1.29, 1.82) is 0 Å². The van der Waals surface area contributed by atoms with Gasteiger partial charge in [-0.3, -0.25) is 4.90 Å². The number of amides is 2. The normalized spacial score (nSPS) is 22.8. The number of urea groups is 1. The molecule has 3 heterocycles. The molecule has 1 aromatic heterocycles. The number of nitrogens with zero attached hydrogens (tertiary/aromatic N) is 2. The van der Waals surface area contributed by atoms with Crippen LogP contribution in [0.2, 0.25) is 5.02 Å². The second kappa shape index (κ2) is 11.7. The van der Waals surface area contributed by atoms with E-state index in [9.17, 15) is 18.0 Å². The van der Waals surface area contributed by atoms with E-state index in [0.29, 0.717) is 30.0 Å². The van der Waals surface area contributed by atoms with E-state index < -0.39 is 30.7 Å². The first-order chi connectivity index (χ1) is 19.4. The number of rotatable bonds is 6. The highest BCUT2D eigenvalue weighted by Gasteiger charge is 2.35. The minimum atomic E-state index is -4.26. The number of halogens is 5. The zero-order valence-electron chi connectivity index (χ0n) is 22.3. The van der Waals surface area contributed by atoms with Crippen LogP contribution in [0.5, 0.6) is 5.88 Å². The van der Waals surface area contributed by atoms with Crippen molar-refractivity contribution in [2.45, 2.75) is 44.5 Å². The SMILES string of the molecule is C=C1C=C2CC(C)CC(NC(=O)Nc3cc(Cl)c(-c4ccc(OC5CCN(CC(F)(F)F)C5)nc4)cc3F)C2=CN1. The molecule has 1 saturated carbocycles. The van der Waals surface area contributed by atoms with Crippen molar-refractivity contribution < 1.29 is 27.1 Å². The van der Waals surface area contributed by atoms with Crippen molar-refractivity contribution in [3.8, 4) is 17.0 Å². The lowest BCUT2D eigenvalue weighted by atomic mass is 9.78. The third-order valence-electron chi connectivity index (χ3n) is 7.29. The second-order valence-corrected chi connectivity index (χ2v) is 11.1. The van der Waals surface area contributed by atoms with Crippen LogP contribution in [0.1, 0.15) is 26.2 Å². The van der Waals surface area contributed by atoms with Gasteiger partial charge in [-0.25, -0.2) is 14.2 Å². The van der Waals surface area contributed by atoms with Crippen molar-refractivity contribution >= 4 is 23.3 Å². The summed E-state index contributed by atoms with van der Waals surface area (Å²) < 4.78 is 58.7. The highest BCUT2D eigenvalue weighted by molar-refractivity contribution is 6.33. The van der Waals surface area contributed by atoms with Crippen LogP contribution in [0, 0.1) is 11.7 Å². The Morgan fingerprint density at radius 3 is 2.85 bits per heavy atom. The van der Waals surface area contributed by atoms with E-state index in [-0.39, 0.29) is 29.2 Å². The number of hydrogen-bond acceptors (Lipinski definition) is 5. The molecule has 2 amide bonds. The summed E-state index contributed by atoms with van der Waals surface area (Å²) in [7, 11) is 0. The Balaban J connectivity index is 1.20. The molecular formula is C29H30ClF4N5O2. The van der Waals surface area contributed by atoms with Gasteiger partial charge < -0.3 is 20.7 Å². The Morgan fingerprint density at radius 2 is 2.12 bits per heavy atom. The molecule has 3 unspecified atom stereocenters. The van der Waals surface area contributed by atoms with Gasteiger partial charge >= 0.3 is 12.2 Å². The molecule has 0 bridgehead atoms. The summed E-state index contributed by atoms with van der Waals surface area (Å²) in [6.45, 7) is 5.51. The van der Waals surface area contributed by atoms with Crippen molar-refractivity contribution in [2.75, 3.05) is 25.0 Å². The lowest BCUT2D eigenvalue weighted by Crippen LogP contribution is -2.43. The van der Waals surface area contributed by atoms with Crippen molar-refractivity contribution in [3.05, 3.63) is 77.0 Å². The number of anilines is 1. The largest absolute Gasteiger partial charge is 0.473 e. The maximum Gasteiger partial charge on any atom is 0.401 e. The third-order valence-corrected chi connectivity index (χ3v) is 7.60. The van der Waals surface area contributed by atoms with E-state index in [4.69, 9.17) is 16.3 Å². The fraction of sp³-hybridized carbons (Fsp3) is 0.379. The third kappa shape index (κ3) is 7.20. The molecule has 12 heteroatoms. The molecule has 3 atom stereocenters. The summed E-state index contributed by atoms with van der Waals surface area (Å²) in [4.78, 5) is 18.3. The molecule has 0 spiro atoms. The van der Waals surface area contributed by atoms with Crippen LogP contribution in [-0.2, 0) is 0 Å². The van der Waals surface area contributed by atoms with Crippen LogP contribution in [0.15, 0.2) is 66.2 Å². The number of ether oxygens (including phenoxy) is 1. The van der Waals surface area contributed by atoms with Crippen LogP contribution in [0.4, 0.5) is 28.0 Å². The van der Waals surface area contributed by atoms with Crippen molar-refractivity contribution in [3.63, 3.8) is 0 Å². The maximum absolute atomic E-state index is 15.1. The van der Waals surface area contributed by atoms with Crippen LogP contribution in [0.25, 0.3) is 11.1 Å². The quantitative estimate of drug-likeness (QED) is 0.339. The summed E-state index contributed by atoms with van der Waals surface area (Å²) in [6, 6.07) is 4.95. The van der Waals surface area contributed by atoms with Gasteiger partial charge in [-0.05, 0) is 60.6 Å². The van der Waals surface area contributed by atoms with Gasteiger partial charge in [0.25, 0.3) is 0 Å². The number of carbonyl (C=O) groups excluding carboxylic acids is 1. The Hall–Kier alpha value is -3.57. The molecule has 2 aliphatic heterocycles. The van der Waals surface area contributed by atoms with E-state index >= 15 is 4.39 Å². The number of aromatic nitrogens is 1. The number of carbonyl (C=O) groups is 1.